The first-order valence-electron chi connectivity index (χ1n) is 6.44. The highest BCUT2D eigenvalue weighted by Gasteiger charge is 2.31. The Morgan fingerprint density at radius 2 is 2.19 bits per heavy atom. The van der Waals surface area contributed by atoms with E-state index >= 15 is 0 Å². The Morgan fingerprint density at radius 3 is 2.76 bits per heavy atom. The van der Waals surface area contributed by atoms with Gasteiger partial charge in [0.2, 0.25) is 10.0 Å². The Kier molecular flexibility index (Phi) is 4.88. The van der Waals surface area contributed by atoms with Crippen molar-refractivity contribution < 1.29 is 17.9 Å². The number of likely N-dealkylation sites (N-methyl/N-ethyl adjacent to an activating group) is 1. The first-order chi connectivity index (χ1) is 9.87. The molecule has 8 heteroatoms. The molecule has 1 N–H and O–H groups in total. The van der Waals surface area contributed by atoms with Crippen molar-refractivity contribution in [3.8, 4) is 0 Å². The predicted octanol–water partition coefficient (Wildman–Crippen LogP) is 1.11. The molecule has 0 radical (unpaired) electrons. The molecule has 0 aliphatic carbocycles. The van der Waals surface area contributed by atoms with Crippen LogP contribution in [-0.2, 0) is 14.8 Å². The lowest BCUT2D eigenvalue weighted by molar-refractivity contribution is 0.0600. The van der Waals surface area contributed by atoms with E-state index in [4.69, 9.17) is 11.6 Å². The van der Waals surface area contributed by atoms with E-state index in [0.717, 1.165) is 13.0 Å². The third kappa shape index (κ3) is 3.21. The van der Waals surface area contributed by atoms with E-state index in [1.165, 1.54) is 36.7 Å². The van der Waals surface area contributed by atoms with Gasteiger partial charge in [0.1, 0.15) is 4.90 Å². The van der Waals surface area contributed by atoms with Gasteiger partial charge >= 0.3 is 5.97 Å². The van der Waals surface area contributed by atoms with Crippen LogP contribution in [0, 0.1) is 0 Å². The van der Waals surface area contributed by atoms with E-state index in [-0.39, 0.29) is 21.5 Å². The fourth-order valence-corrected chi connectivity index (χ4v) is 4.13. The van der Waals surface area contributed by atoms with Gasteiger partial charge in [0.25, 0.3) is 0 Å². The third-order valence-electron chi connectivity index (χ3n) is 3.56. The summed E-state index contributed by atoms with van der Waals surface area (Å²) >= 11 is 6.01. The first-order valence-corrected chi connectivity index (χ1v) is 8.26. The summed E-state index contributed by atoms with van der Waals surface area (Å²) in [5.74, 6) is -0.603. The molecule has 21 heavy (non-hydrogen) atoms. The van der Waals surface area contributed by atoms with Crippen molar-refractivity contribution in [1.82, 2.24) is 9.62 Å². The molecule has 1 unspecified atom stereocenters. The third-order valence-corrected chi connectivity index (χ3v) is 5.95. The number of hydrogen-bond acceptors (Lipinski definition) is 5. The average molecular weight is 333 g/mol. The highest BCUT2D eigenvalue weighted by molar-refractivity contribution is 7.89. The number of esters is 1. The molecule has 116 valence electrons. The number of rotatable bonds is 4. The van der Waals surface area contributed by atoms with E-state index in [2.05, 4.69) is 10.1 Å². The summed E-state index contributed by atoms with van der Waals surface area (Å²) in [6.07, 6.45) is 0.740. The number of nitrogens with one attached hydrogen (secondary N) is 1. The molecule has 1 saturated heterocycles. The lowest BCUT2D eigenvalue weighted by atomic mass is 10.2. The molecule has 1 aliphatic heterocycles. The predicted molar refractivity (Wildman–Crippen MR) is 79.0 cm³/mol. The van der Waals surface area contributed by atoms with Gasteiger partial charge in [-0.25, -0.2) is 13.2 Å². The van der Waals surface area contributed by atoms with Crippen LogP contribution < -0.4 is 5.32 Å². The molecular weight excluding hydrogens is 316 g/mol. The summed E-state index contributed by atoms with van der Waals surface area (Å²) < 4.78 is 31.2. The largest absolute Gasteiger partial charge is 0.465 e. The van der Waals surface area contributed by atoms with Gasteiger partial charge in [0.15, 0.2) is 0 Å². The SMILES string of the molecule is COC(=O)c1ccc(Cl)c(S(=O)(=O)N(C)C2CCNC2)c1. The second-order valence-corrected chi connectivity index (χ2v) is 7.18. The Balaban J connectivity index is 2.41. The monoisotopic (exact) mass is 332 g/mol. The fraction of sp³-hybridized carbons (Fsp3) is 0.462. The van der Waals surface area contributed by atoms with E-state index in [1.807, 2.05) is 0 Å². The summed E-state index contributed by atoms with van der Waals surface area (Å²) in [7, 11) is -1.00. The van der Waals surface area contributed by atoms with Crippen molar-refractivity contribution in [2.24, 2.45) is 0 Å². The second-order valence-electron chi connectivity index (χ2n) is 4.80. The fourth-order valence-electron chi connectivity index (χ4n) is 2.25. The minimum atomic E-state index is -3.76. The number of carbonyl (C=O) groups is 1. The molecular formula is C13H17ClN2O4S. The highest BCUT2D eigenvalue weighted by Crippen LogP contribution is 2.27. The molecule has 1 atom stereocenters. The summed E-state index contributed by atoms with van der Waals surface area (Å²) in [4.78, 5) is 11.5. The van der Waals surface area contributed by atoms with Crippen molar-refractivity contribution in [3.05, 3.63) is 28.8 Å². The van der Waals surface area contributed by atoms with Crippen LogP contribution in [0.1, 0.15) is 16.8 Å². The smallest absolute Gasteiger partial charge is 0.337 e. The molecule has 1 fully saturated rings. The van der Waals surface area contributed by atoms with Crippen molar-refractivity contribution in [1.29, 1.82) is 0 Å². The van der Waals surface area contributed by atoms with E-state index < -0.39 is 16.0 Å². The van der Waals surface area contributed by atoms with Crippen molar-refractivity contribution in [2.75, 3.05) is 27.2 Å². The van der Waals surface area contributed by atoms with Crippen LogP contribution in [-0.4, -0.2) is 52.0 Å². The lowest BCUT2D eigenvalue weighted by Crippen LogP contribution is -2.38. The van der Waals surface area contributed by atoms with Crippen LogP contribution in [0.15, 0.2) is 23.1 Å². The number of halogens is 1. The minimum Gasteiger partial charge on any atom is -0.465 e. The molecule has 6 nitrogen and oxygen atoms in total. The number of hydrogen-bond donors (Lipinski definition) is 1. The normalized spacial score (nSPS) is 19.0. The molecule has 1 aromatic rings. The number of carbonyl (C=O) groups excluding carboxylic acids is 1. The van der Waals surface area contributed by atoms with Crippen LogP contribution >= 0.6 is 11.6 Å². The summed E-state index contributed by atoms with van der Waals surface area (Å²) in [6, 6.07) is 3.96. The summed E-state index contributed by atoms with van der Waals surface area (Å²) in [5, 5.41) is 3.20. The standard InChI is InChI=1S/C13H17ClN2O4S/c1-16(10-5-6-15-8-10)21(18,19)12-7-9(13(17)20-2)3-4-11(12)14/h3-4,7,10,15H,5-6,8H2,1-2H3. The topological polar surface area (TPSA) is 75.7 Å². The van der Waals surface area contributed by atoms with Gasteiger partial charge in [-0.2, -0.15) is 4.31 Å². The van der Waals surface area contributed by atoms with Crippen LogP contribution in [0.5, 0.6) is 0 Å². The highest BCUT2D eigenvalue weighted by atomic mass is 35.5. The zero-order chi connectivity index (χ0) is 15.6. The van der Waals surface area contributed by atoms with Gasteiger partial charge in [-0.3, -0.25) is 0 Å². The molecule has 0 bridgehead atoms. The molecule has 2 rings (SSSR count). The zero-order valence-corrected chi connectivity index (χ0v) is 13.4. The zero-order valence-electron chi connectivity index (χ0n) is 11.8. The molecule has 0 aromatic heterocycles. The first kappa shape index (κ1) is 16.2. The maximum Gasteiger partial charge on any atom is 0.337 e. The second kappa shape index (κ2) is 6.31. The van der Waals surface area contributed by atoms with Crippen molar-refractivity contribution in [3.63, 3.8) is 0 Å². The van der Waals surface area contributed by atoms with Gasteiger partial charge in [-0.05, 0) is 31.2 Å². The van der Waals surface area contributed by atoms with Crippen LogP contribution in [0.4, 0.5) is 0 Å². The van der Waals surface area contributed by atoms with Crippen LogP contribution in [0.3, 0.4) is 0 Å². The Bertz CT molecular complexity index is 642. The Morgan fingerprint density at radius 1 is 1.48 bits per heavy atom. The van der Waals surface area contributed by atoms with Gasteiger partial charge in [-0.1, -0.05) is 11.6 Å². The molecule has 0 spiro atoms. The molecule has 1 heterocycles. The Labute approximate surface area is 129 Å². The quantitative estimate of drug-likeness (QED) is 0.836. The van der Waals surface area contributed by atoms with Gasteiger partial charge in [0, 0.05) is 19.6 Å². The summed E-state index contributed by atoms with van der Waals surface area (Å²) in [6.45, 7) is 1.38. The Hall–Kier alpha value is -1.15. The van der Waals surface area contributed by atoms with E-state index in [0.29, 0.717) is 6.54 Å². The average Bonchev–Trinajstić information content (AvgIpc) is 2.99. The van der Waals surface area contributed by atoms with Crippen LogP contribution in [0.25, 0.3) is 0 Å². The van der Waals surface area contributed by atoms with Crippen molar-refractivity contribution >= 4 is 27.6 Å². The van der Waals surface area contributed by atoms with Gasteiger partial charge in [0.05, 0.1) is 17.7 Å². The maximum absolute atomic E-state index is 12.7. The van der Waals surface area contributed by atoms with Crippen molar-refractivity contribution in [2.45, 2.75) is 17.4 Å². The molecule has 1 aliphatic rings. The van der Waals surface area contributed by atoms with Gasteiger partial charge < -0.3 is 10.1 Å². The molecule has 1 aromatic carbocycles. The lowest BCUT2D eigenvalue weighted by Gasteiger charge is -2.23. The number of benzene rings is 1. The van der Waals surface area contributed by atoms with E-state index in [9.17, 15) is 13.2 Å². The molecule has 0 amide bonds. The minimum absolute atomic E-state index is 0.0820. The van der Waals surface area contributed by atoms with Gasteiger partial charge in [-0.15, -0.1) is 0 Å². The number of methoxy groups -OCH3 is 1. The maximum atomic E-state index is 12.7. The summed E-state index contributed by atoms with van der Waals surface area (Å²) in [5.41, 5.74) is 0.151. The van der Waals surface area contributed by atoms with E-state index in [1.54, 1.807) is 0 Å². The molecule has 0 saturated carbocycles. The van der Waals surface area contributed by atoms with Crippen LogP contribution in [0.2, 0.25) is 5.02 Å². The number of sulfonamides is 1. The number of nitrogens with zero attached hydrogens (tertiary/aromatic N) is 1. The number of ether oxygens (including phenoxy) is 1.